The zero-order valence-corrected chi connectivity index (χ0v) is 77.2. The van der Waals surface area contributed by atoms with E-state index in [0.29, 0.717) is 27.5 Å². The van der Waals surface area contributed by atoms with Gasteiger partial charge in [0.25, 0.3) is 0 Å². The van der Waals surface area contributed by atoms with Gasteiger partial charge in [-0.2, -0.15) is 21.6 Å². The first kappa shape index (κ1) is 83.8. The lowest BCUT2D eigenvalue weighted by Gasteiger charge is -2.25. The zero-order chi connectivity index (χ0) is 93.6. The normalized spacial score (nSPS) is 12.6. The molecule has 137 heavy (non-hydrogen) atoms. The first-order valence-electron chi connectivity index (χ1n) is 45.8. The van der Waals surface area contributed by atoms with Gasteiger partial charge in [-0.25, -0.2) is 0 Å². The van der Waals surface area contributed by atoms with Crippen LogP contribution in [0.5, 0.6) is 5.75 Å². The molecule has 0 fully saturated rings. The molecular formula is C120H88F3N3O10S. The molecule has 26 rings (SSSR count). The van der Waals surface area contributed by atoms with Crippen LogP contribution in [0.1, 0.15) is 84.6 Å². The van der Waals surface area contributed by atoms with E-state index in [1.807, 2.05) is 49.4 Å². The fourth-order valence-corrected chi connectivity index (χ4v) is 20.4. The van der Waals surface area contributed by atoms with Crippen molar-refractivity contribution in [3.63, 3.8) is 0 Å². The van der Waals surface area contributed by atoms with Gasteiger partial charge in [-0.1, -0.05) is 250 Å². The summed E-state index contributed by atoms with van der Waals surface area (Å²) in [6, 6.07) is 118. The van der Waals surface area contributed by atoms with Gasteiger partial charge in [0, 0.05) is 121 Å². The molecule has 0 saturated heterocycles. The van der Waals surface area contributed by atoms with Crippen molar-refractivity contribution in [2.75, 3.05) is 15.1 Å². The monoisotopic (exact) mass is 1820 g/mol. The maximum absolute atomic E-state index is 12.7. The zero-order valence-electron chi connectivity index (χ0n) is 76.4. The van der Waals surface area contributed by atoms with Crippen LogP contribution in [0.15, 0.2) is 377 Å². The molecule has 0 atom stereocenters. The summed E-state index contributed by atoms with van der Waals surface area (Å²) in [5.74, 6) is -0.438. The highest BCUT2D eigenvalue weighted by Crippen LogP contribution is 2.51. The molecule has 670 valence electrons. The second-order valence-corrected chi connectivity index (χ2v) is 40.4. The molecule has 26 aromatic rings. The Labute approximate surface area is 783 Å². The minimum absolute atomic E-state index is 0.0421. The van der Waals surface area contributed by atoms with Gasteiger partial charge < -0.3 is 50.2 Å². The second-order valence-electron chi connectivity index (χ2n) is 38.8. The smallest absolute Gasteiger partial charge is 0.456 e. The highest BCUT2D eigenvalue weighted by atomic mass is 32.2. The van der Waals surface area contributed by atoms with E-state index < -0.39 is 21.4 Å². The summed E-state index contributed by atoms with van der Waals surface area (Å²) >= 11 is 0. The molecule has 0 saturated carbocycles. The highest BCUT2D eigenvalue weighted by Gasteiger charge is 2.49. The number of furan rings is 7. The van der Waals surface area contributed by atoms with Crippen molar-refractivity contribution >= 4 is 252 Å². The van der Waals surface area contributed by atoms with E-state index in [1.165, 1.54) is 45.8 Å². The molecule has 0 amide bonds. The lowest BCUT2D eigenvalue weighted by molar-refractivity contribution is -0.0500. The summed E-state index contributed by atoms with van der Waals surface area (Å²) in [6.07, 6.45) is 0. The number of anilines is 8. The van der Waals surface area contributed by atoms with Crippen molar-refractivity contribution in [3.8, 4) is 5.75 Å². The molecule has 0 aliphatic carbocycles. The molecule has 7 heterocycles. The third-order valence-corrected chi connectivity index (χ3v) is 27.6. The molecule has 0 aliphatic heterocycles. The molecule has 17 heteroatoms. The maximum Gasteiger partial charge on any atom is 0.534 e. The number of aryl methyl sites for hydroxylation is 1. The van der Waals surface area contributed by atoms with Crippen LogP contribution in [0.2, 0.25) is 0 Å². The van der Waals surface area contributed by atoms with Crippen LogP contribution in [0.25, 0.3) is 197 Å². The summed E-state index contributed by atoms with van der Waals surface area (Å²) in [6.45, 7) is 22.1. The second kappa shape index (κ2) is 31.2. The van der Waals surface area contributed by atoms with Crippen LogP contribution in [0, 0.1) is 6.92 Å². The number of fused-ring (bicyclic) bond motifs is 25. The predicted octanol–water partition coefficient (Wildman–Crippen LogP) is 36.1. The van der Waals surface area contributed by atoms with Crippen molar-refractivity contribution in [1.82, 2.24) is 0 Å². The van der Waals surface area contributed by atoms with E-state index >= 15 is 0 Å². The van der Waals surface area contributed by atoms with Crippen LogP contribution in [0.3, 0.4) is 0 Å². The lowest BCUT2D eigenvalue weighted by atomic mass is 9.86. The van der Waals surface area contributed by atoms with E-state index in [1.54, 1.807) is 6.07 Å². The van der Waals surface area contributed by atoms with Crippen molar-refractivity contribution in [2.45, 2.75) is 91.0 Å². The average molecular weight is 1820 g/mol. The molecule has 1 N–H and O–H groups in total. The average Bonchev–Trinajstić information content (AvgIpc) is 1.48. The van der Waals surface area contributed by atoms with Crippen LogP contribution in [-0.4, -0.2) is 13.9 Å². The van der Waals surface area contributed by atoms with Gasteiger partial charge in [0.1, 0.15) is 67.2 Å². The molecule has 0 radical (unpaired) electrons. The van der Waals surface area contributed by atoms with E-state index in [9.17, 15) is 21.6 Å². The molecule has 19 aromatic carbocycles. The number of nitrogens with one attached hydrogen (secondary N) is 1. The summed E-state index contributed by atoms with van der Waals surface area (Å²) < 4.78 is 111. The van der Waals surface area contributed by atoms with Gasteiger partial charge in [0.05, 0.1) is 17.1 Å². The van der Waals surface area contributed by atoms with Crippen LogP contribution in [-0.2, 0) is 26.4 Å². The van der Waals surface area contributed by atoms with E-state index in [4.69, 9.17) is 30.9 Å². The third kappa shape index (κ3) is 14.4. The molecule has 13 nitrogen and oxygen atoms in total. The molecule has 7 aromatic heterocycles. The van der Waals surface area contributed by atoms with Crippen molar-refractivity contribution in [1.29, 1.82) is 0 Å². The van der Waals surface area contributed by atoms with Crippen LogP contribution >= 0.6 is 0 Å². The quantitative estimate of drug-likeness (QED) is 0.102. The molecule has 0 bridgehead atoms. The van der Waals surface area contributed by atoms with Crippen LogP contribution < -0.4 is 19.3 Å². The number of hydrogen-bond donors (Lipinski definition) is 1. The van der Waals surface area contributed by atoms with Crippen molar-refractivity contribution in [3.05, 3.63) is 368 Å². The lowest BCUT2D eigenvalue weighted by Crippen LogP contribution is -2.28. The van der Waals surface area contributed by atoms with Gasteiger partial charge in [-0.3, -0.25) is 0 Å². The Morgan fingerprint density at radius 3 is 0.964 bits per heavy atom. The molecule has 0 unspecified atom stereocenters. The Morgan fingerprint density at radius 1 is 0.263 bits per heavy atom. The number of para-hydroxylation sites is 9. The Morgan fingerprint density at radius 2 is 0.577 bits per heavy atom. The number of rotatable bonds is 10. The van der Waals surface area contributed by atoms with Crippen LogP contribution in [0.4, 0.5) is 58.7 Å². The topological polar surface area (TPSA) is 154 Å². The standard InChI is InChI=1S/C70H52N2O4.C28H15F3O5S.C22H21NO/c1-69(2,3)57-25-13-21-49-51-23-15-27-59(67(51)75-65(49)57)71(45-17-9-7-10-18-45)47-31-29-41-35-53-55-39-64-56(40-63(55)73-61(53)37-43(41)33-47)54-36-42-30-32-48(34-44(42)38-62(54)74-64)72(46-19-11-8-12-20-46)60-28-16-24-52-50-22-14-26-58(70(4,5)6)66(50)76-68(52)60;1-14-2-3-15-8-20-22-12-27-23(13-26(22)34-24(20)10-17(15)6-14)21-9-16-4-5-19(7-18(16)11-25(21)35-27)36-37(32,33)28(29,30)31;1-22(2,3)18-13-7-11-16-17-12-8-14-19(21(17)24-20(16)18)23-15-9-5-4-6-10-15/h7-40H,1-6H3;2-13H,1H3;4-14,23H,1-3H3. The summed E-state index contributed by atoms with van der Waals surface area (Å²) in [5.41, 5.74) is 18.7. The molecule has 0 spiro atoms. The predicted molar refractivity (Wildman–Crippen MR) is 556 cm³/mol. The number of alkyl halides is 3. The maximum atomic E-state index is 12.7. The van der Waals surface area contributed by atoms with E-state index in [-0.39, 0.29) is 16.2 Å². The Kier molecular flexibility index (Phi) is 19.1. The van der Waals surface area contributed by atoms with Gasteiger partial charge in [-0.15, -0.1) is 0 Å². The summed E-state index contributed by atoms with van der Waals surface area (Å²) in [7, 11) is -5.77. The summed E-state index contributed by atoms with van der Waals surface area (Å²) in [5, 5.41) is 25.6. The van der Waals surface area contributed by atoms with Crippen molar-refractivity contribution < 1.29 is 56.7 Å². The summed E-state index contributed by atoms with van der Waals surface area (Å²) in [4.78, 5) is 4.61. The number of halogens is 3. The number of benzene rings is 19. The minimum Gasteiger partial charge on any atom is -0.456 e. The molecule has 0 aliphatic rings. The first-order chi connectivity index (χ1) is 66.0. The Balaban J connectivity index is 0.000000137. The largest absolute Gasteiger partial charge is 0.534 e. The SMILES string of the molecule is CC(C)(C)c1cccc2c1oc1c(N(c3ccccc3)c3ccc4cc5c(cc4c3)oc3cc4c(cc35)oc3cc5cc(N(c6ccccc6)c6cccc7c6oc6c(C(C)(C)C)cccc67)ccc5cc34)cccc12.CC(C)(C)c1cccc2c1oc1c(Nc3ccccc3)cccc12.Cc1ccc2cc3c(cc2c1)oc1cc2c(cc13)oc1cc3cc(OS(=O)(=O)C(F)(F)F)ccc3cc12. The van der Waals surface area contributed by atoms with E-state index in [2.05, 4.69) is 361 Å². The van der Waals surface area contributed by atoms with Gasteiger partial charge in [0.15, 0.2) is 16.7 Å². The Bertz CT molecular complexity index is 9290. The number of hydrogen-bond acceptors (Lipinski definition) is 13. The third-order valence-electron chi connectivity index (χ3n) is 26.6. The number of nitrogens with zero attached hydrogens (tertiary/aromatic N) is 2. The fourth-order valence-electron chi connectivity index (χ4n) is 20.0. The Hall–Kier alpha value is -16.2. The highest BCUT2D eigenvalue weighted by molar-refractivity contribution is 7.88. The van der Waals surface area contributed by atoms with Gasteiger partial charge in [-0.05, 0) is 230 Å². The van der Waals surface area contributed by atoms with E-state index in [0.717, 1.165) is 209 Å². The first-order valence-corrected chi connectivity index (χ1v) is 47.2. The van der Waals surface area contributed by atoms with Gasteiger partial charge >= 0.3 is 15.6 Å². The fraction of sp³-hybridized carbons (Fsp3) is 0.117. The molecular weight excluding hydrogens is 1730 g/mol. The van der Waals surface area contributed by atoms with Gasteiger partial charge in [0.2, 0.25) is 0 Å². The minimum atomic E-state index is -5.77. The van der Waals surface area contributed by atoms with Crippen molar-refractivity contribution in [2.24, 2.45) is 0 Å².